The van der Waals surface area contributed by atoms with Crippen molar-refractivity contribution in [1.82, 2.24) is 14.9 Å². The lowest BCUT2D eigenvalue weighted by Crippen LogP contribution is -2.21. The molecule has 23 heavy (non-hydrogen) atoms. The fourth-order valence-electron chi connectivity index (χ4n) is 1.80. The summed E-state index contributed by atoms with van der Waals surface area (Å²) in [4.78, 5) is 10.4. The maximum absolute atomic E-state index is 12.5. The van der Waals surface area contributed by atoms with Crippen LogP contribution in [-0.2, 0) is 6.18 Å². The number of aromatic nitrogens is 2. The molecule has 0 aliphatic heterocycles. The molecule has 1 aromatic carbocycles. The van der Waals surface area contributed by atoms with Gasteiger partial charge in [-0.25, -0.2) is 4.98 Å². The van der Waals surface area contributed by atoms with Crippen LogP contribution in [0.1, 0.15) is 5.56 Å². The Balaban J connectivity index is 2.00. The van der Waals surface area contributed by atoms with E-state index in [0.717, 1.165) is 25.2 Å². The molecule has 0 unspecified atom stereocenters. The van der Waals surface area contributed by atoms with E-state index in [2.05, 4.69) is 20.6 Å². The van der Waals surface area contributed by atoms with Crippen molar-refractivity contribution in [2.75, 3.05) is 37.8 Å². The molecule has 0 spiro atoms. The summed E-state index contributed by atoms with van der Waals surface area (Å²) >= 11 is 0. The first-order valence-corrected chi connectivity index (χ1v) is 7.00. The fourth-order valence-corrected chi connectivity index (χ4v) is 1.80. The highest BCUT2D eigenvalue weighted by Crippen LogP contribution is 2.30. The van der Waals surface area contributed by atoms with Crippen molar-refractivity contribution in [1.29, 1.82) is 0 Å². The first-order chi connectivity index (χ1) is 10.8. The number of halogens is 3. The Hall–Kier alpha value is -2.35. The molecule has 2 rings (SSSR count). The quantitative estimate of drug-likeness (QED) is 0.854. The van der Waals surface area contributed by atoms with Gasteiger partial charge in [-0.2, -0.15) is 18.2 Å². The molecular formula is C15H18F3N5. The summed E-state index contributed by atoms with van der Waals surface area (Å²) < 4.78 is 37.6. The van der Waals surface area contributed by atoms with Crippen LogP contribution in [0.3, 0.4) is 0 Å². The highest BCUT2D eigenvalue weighted by molar-refractivity contribution is 5.55. The van der Waals surface area contributed by atoms with Gasteiger partial charge in [-0.15, -0.1) is 0 Å². The maximum Gasteiger partial charge on any atom is 0.416 e. The monoisotopic (exact) mass is 325 g/mol. The summed E-state index contributed by atoms with van der Waals surface area (Å²) in [7, 11) is 3.94. The maximum atomic E-state index is 12.5. The van der Waals surface area contributed by atoms with Gasteiger partial charge in [-0.3, -0.25) is 0 Å². The zero-order chi connectivity index (χ0) is 16.9. The standard InChI is InChI=1S/C15H18F3N5/c1-23(2)10-9-19-13-7-8-20-14(22-13)21-12-5-3-11(4-6-12)15(16,17)18/h3-8H,9-10H2,1-2H3,(H2,19,20,21,22). The fraction of sp³-hybridized carbons (Fsp3) is 0.333. The largest absolute Gasteiger partial charge is 0.416 e. The van der Waals surface area contributed by atoms with Crippen LogP contribution in [0, 0.1) is 0 Å². The molecule has 0 saturated carbocycles. The highest BCUT2D eigenvalue weighted by Gasteiger charge is 2.29. The van der Waals surface area contributed by atoms with Crippen molar-refractivity contribution < 1.29 is 13.2 Å². The summed E-state index contributed by atoms with van der Waals surface area (Å²) in [5, 5.41) is 6.03. The van der Waals surface area contributed by atoms with E-state index in [9.17, 15) is 13.2 Å². The molecule has 0 bridgehead atoms. The van der Waals surface area contributed by atoms with Crippen LogP contribution >= 0.6 is 0 Å². The van der Waals surface area contributed by atoms with Gasteiger partial charge in [0.25, 0.3) is 0 Å². The topological polar surface area (TPSA) is 53.1 Å². The zero-order valence-corrected chi connectivity index (χ0v) is 12.9. The number of anilines is 3. The van der Waals surface area contributed by atoms with E-state index in [1.54, 1.807) is 12.3 Å². The molecular weight excluding hydrogens is 307 g/mol. The molecule has 0 saturated heterocycles. The Kier molecular flexibility index (Phi) is 5.38. The van der Waals surface area contributed by atoms with Gasteiger partial charge in [-0.1, -0.05) is 0 Å². The van der Waals surface area contributed by atoms with E-state index in [1.165, 1.54) is 12.1 Å². The van der Waals surface area contributed by atoms with Gasteiger partial charge >= 0.3 is 6.18 Å². The molecule has 2 aromatic rings. The molecule has 0 aliphatic rings. The van der Waals surface area contributed by atoms with Crippen LogP contribution < -0.4 is 10.6 Å². The molecule has 5 nitrogen and oxygen atoms in total. The minimum Gasteiger partial charge on any atom is -0.369 e. The third kappa shape index (κ3) is 5.41. The number of hydrogen-bond donors (Lipinski definition) is 2. The molecule has 0 amide bonds. The second kappa shape index (κ2) is 7.28. The second-order valence-corrected chi connectivity index (χ2v) is 5.20. The van der Waals surface area contributed by atoms with Gasteiger partial charge in [0.1, 0.15) is 5.82 Å². The molecule has 1 aromatic heterocycles. The third-order valence-electron chi connectivity index (χ3n) is 2.99. The molecule has 2 N–H and O–H groups in total. The van der Waals surface area contributed by atoms with E-state index in [-0.39, 0.29) is 0 Å². The Morgan fingerprint density at radius 3 is 2.39 bits per heavy atom. The van der Waals surface area contributed by atoms with Crippen LogP contribution in [0.25, 0.3) is 0 Å². The number of nitrogens with one attached hydrogen (secondary N) is 2. The van der Waals surface area contributed by atoms with Crippen molar-refractivity contribution in [2.45, 2.75) is 6.18 Å². The molecule has 0 fully saturated rings. The minimum absolute atomic E-state index is 0.319. The lowest BCUT2D eigenvalue weighted by atomic mass is 10.2. The van der Waals surface area contributed by atoms with E-state index in [1.807, 2.05) is 19.0 Å². The molecule has 0 aliphatic carbocycles. The van der Waals surface area contributed by atoms with Crippen molar-refractivity contribution in [3.05, 3.63) is 42.1 Å². The van der Waals surface area contributed by atoms with Gasteiger partial charge in [0, 0.05) is 25.0 Å². The van der Waals surface area contributed by atoms with Crippen molar-refractivity contribution in [3.8, 4) is 0 Å². The average Bonchev–Trinajstić information content (AvgIpc) is 2.47. The number of likely N-dealkylation sites (N-methyl/N-ethyl adjacent to an activating group) is 1. The predicted molar refractivity (Wildman–Crippen MR) is 83.8 cm³/mol. The van der Waals surface area contributed by atoms with E-state index < -0.39 is 11.7 Å². The van der Waals surface area contributed by atoms with Gasteiger partial charge in [0.15, 0.2) is 0 Å². The number of rotatable bonds is 6. The van der Waals surface area contributed by atoms with Gasteiger partial charge in [0.05, 0.1) is 5.56 Å². The summed E-state index contributed by atoms with van der Waals surface area (Å²) in [6.45, 7) is 1.58. The Labute approximate surface area is 132 Å². The summed E-state index contributed by atoms with van der Waals surface area (Å²) in [5.74, 6) is 0.968. The molecule has 0 atom stereocenters. The normalized spacial score (nSPS) is 11.6. The smallest absolute Gasteiger partial charge is 0.369 e. The van der Waals surface area contributed by atoms with Crippen molar-refractivity contribution in [3.63, 3.8) is 0 Å². The van der Waals surface area contributed by atoms with Crippen molar-refractivity contribution >= 4 is 17.5 Å². The number of alkyl halides is 3. The Morgan fingerprint density at radius 1 is 1.09 bits per heavy atom. The Bertz CT molecular complexity index is 626. The molecule has 0 radical (unpaired) electrons. The summed E-state index contributed by atoms with van der Waals surface area (Å²) in [6, 6.07) is 6.45. The average molecular weight is 325 g/mol. The number of benzene rings is 1. The molecule has 1 heterocycles. The van der Waals surface area contributed by atoms with Crippen LogP contribution in [0.2, 0.25) is 0 Å². The highest BCUT2D eigenvalue weighted by atomic mass is 19.4. The van der Waals surface area contributed by atoms with E-state index >= 15 is 0 Å². The first kappa shape index (κ1) is 17.0. The van der Waals surface area contributed by atoms with Crippen LogP contribution in [0.5, 0.6) is 0 Å². The van der Waals surface area contributed by atoms with Gasteiger partial charge in [0.2, 0.25) is 5.95 Å². The number of hydrogen-bond acceptors (Lipinski definition) is 5. The van der Waals surface area contributed by atoms with Crippen LogP contribution in [-0.4, -0.2) is 42.1 Å². The van der Waals surface area contributed by atoms with Gasteiger partial charge < -0.3 is 15.5 Å². The summed E-state index contributed by atoms with van der Waals surface area (Å²) in [6.07, 6.45) is -2.76. The molecule has 8 heteroatoms. The third-order valence-corrected chi connectivity index (χ3v) is 2.99. The predicted octanol–water partition coefficient (Wildman–Crippen LogP) is 3.21. The van der Waals surface area contributed by atoms with E-state index in [0.29, 0.717) is 17.5 Å². The summed E-state index contributed by atoms with van der Waals surface area (Å²) in [5.41, 5.74) is -0.202. The minimum atomic E-state index is -4.34. The van der Waals surface area contributed by atoms with Crippen LogP contribution in [0.15, 0.2) is 36.5 Å². The van der Waals surface area contributed by atoms with Gasteiger partial charge in [-0.05, 0) is 44.4 Å². The molecule has 124 valence electrons. The second-order valence-electron chi connectivity index (χ2n) is 5.20. The first-order valence-electron chi connectivity index (χ1n) is 7.00. The van der Waals surface area contributed by atoms with Crippen molar-refractivity contribution in [2.24, 2.45) is 0 Å². The lowest BCUT2D eigenvalue weighted by molar-refractivity contribution is -0.137. The lowest BCUT2D eigenvalue weighted by Gasteiger charge is -2.12. The Morgan fingerprint density at radius 2 is 1.78 bits per heavy atom. The number of nitrogens with zero attached hydrogens (tertiary/aromatic N) is 3. The van der Waals surface area contributed by atoms with Crippen LogP contribution in [0.4, 0.5) is 30.6 Å². The SMILES string of the molecule is CN(C)CCNc1ccnc(Nc2ccc(C(F)(F)F)cc2)n1. The zero-order valence-electron chi connectivity index (χ0n) is 12.9. The van der Waals surface area contributed by atoms with E-state index in [4.69, 9.17) is 0 Å².